The first-order valence-electron chi connectivity index (χ1n) is 7.28. The van der Waals surface area contributed by atoms with Crippen molar-refractivity contribution in [3.8, 4) is 0 Å². The monoisotopic (exact) mass is 314 g/mol. The number of benzene rings is 1. The number of sulfonamides is 1. The van der Waals surface area contributed by atoms with Gasteiger partial charge < -0.3 is 5.73 Å². The molecule has 3 unspecified atom stereocenters. The summed E-state index contributed by atoms with van der Waals surface area (Å²) in [5, 5.41) is 0. The van der Waals surface area contributed by atoms with Crippen LogP contribution in [0.1, 0.15) is 38.7 Å². The summed E-state index contributed by atoms with van der Waals surface area (Å²) in [6.07, 6.45) is 2.62. The second kappa shape index (κ2) is 5.93. The Bertz CT molecular complexity index is 608. The molecule has 21 heavy (non-hydrogen) atoms. The minimum Gasteiger partial charge on any atom is -0.398 e. The van der Waals surface area contributed by atoms with Crippen molar-refractivity contribution in [1.82, 2.24) is 4.72 Å². The number of anilines is 1. The molecule has 3 atom stereocenters. The van der Waals surface area contributed by atoms with E-state index >= 15 is 0 Å². The van der Waals surface area contributed by atoms with Gasteiger partial charge in [-0.15, -0.1) is 0 Å². The summed E-state index contributed by atoms with van der Waals surface area (Å²) in [4.78, 5) is -0.102. The third kappa shape index (κ3) is 3.55. The molecule has 6 heteroatoms. The Labute approximate surface area is 126 Å². The van der Waals surface area contributed by atoms with Crippen molar-refractivity contribution in [2.75, 3.05) is 5.73 Å². The fourth-order valence-electron chi connectivity index (χ4n) is 2.77. The fraction of sp³-hybridized carbons (Fsp3) is 0.600. The van der Waals surface area contributed by atoms with Crippen LogP contribution in [0.5, 0.6) is 0 Å². The van der Waals surface area contributed by atoms with Crippen LogP contribution in [0.4, 0.5) is 10.1 Å². The van der Waals surface area contributed by atoms with Crippen molar-refractivity contribution in [2.24, 2.45) is 11.8 Å². The highest BCUT2D eigenvalue weighted by molar-refractivity contribution is 7.89. The molecule has 0 amide bonds. The van der Waals surface area contributed by atoms with Crippen LogP contribution in [0.3, 0.4) is 0 Å². The number of rotatable bonds is 3. The molecule has 0 spiro atoms. The van der Waals surface area contributed by atoms with Crippen LogP contribution in [-0.4, -0.2) is 14.5 Å². The highest BCUT2D eigenvalue weighted by Crippen LogP contribution is 2.30. The number of nitrogens with two attached hydrogens (primary N) is 1. The molecule has 1 saturated carbocycles. The summed E-state index contributed by atoms with van der Waals surface area (Å²) in [5.41, 5.74) is 6.09. The van der Waals surface area contributed by atoms with Gasteiger partial charge in [-0.1, -0.05) is 13.8 Å². The molecular weight excluding hydrogens is 291 g/mol. The van der Waals surface area contributed by atoms with Gasteiger partial charge in [-0.05, 0) is 50.2 Å². The van der Waals surface area contributed by atoms with E-state index in [0.717, 1.165) is 25.3 Å². The van der Waals surface area contributed by atoms with Crippen molar-refractivity contribution in [1.29, 1.82) is 0 Å². The van der Waals surface area contributed by atoms with Gasteiger partial charge in [0.15, 0.2) is 0 Å². The Morgan fingerprint density at radius 3 is 2.48 bits per heavy atom. The Balaban J connectivity index is 2.19. The molecule has 1 aromatic rings. The zero-order chi connectivity index (χ0) is 15.8. The molecule has 1 aliphatic carbocycles. The molecule has 1 aromatic carbocycles. The SMILES string of the molecule is Cc1c(N)cc(S(=O)(=O)NC2CCC(C)C(C)C2)cc1F. The molecule has 3 N–H and O–H groups in total. The van der Waals surface area contributed by atoms with Gasteiger partial charge in [-0.2, -0.15) is 0 Å². The first kappa shape index (κ1) is 16.2. The molecule has 0 bridgehead atoms. The Kier molecular flexibility index (Phi) is 4.58. The van der Waals surface area contributed by atoms with E-state index in [9.17, 15) is 12.8 Å². The molecule has 1 aliphatic rings. The molecule has 0 radical (unpaired) electrons. The average molecular weight is 314 g/mol. The van der Waals surface area contributed by atoms with E-state index in [2.05, 4.69) is 18.6 Å². The molecule has 2 rings (SSSR count). The van der Waals surface area contributed by atoms with E-state index in [-0.39, 0.29) is 22.2 Å². The number of halogens is 1. The molecule has 4 nitrogen and oxygen atoms in total. The van der Waals surface area contributed by atoms with E-state index in [1.54, 1.807) is 0 Å². The molecular formula is C15H23FN2O2S. The van der Waals surface area contributed by atoms with Gasteiger partial charge in [0.1, 0.15) is 5.82 Å². The van der Waals surface area contributed by atoms with Crippen LogP contribution in [0.15, 0.2) is 17.0 Å². The number of hydrogen-bond donors (Lipinski definition) is 2. The quantitative estimate of drug-likeness (QED) is 0.843. The maximum atomic E-state index is 13.7. The highest BCUT2D eigenvalue weighted by Gasteiger charge is 2.28. The minimum atomic E-state index is -3.73. The summed E-state index contributed by atoms with van der Waals surface area (Å²) < 4.78 is 41.1. The summed E-state index contributed by atoms with van der Waals surface area (Å²) >= 11 is 0. The Hall–Kier alpha value is -1.14. The standard InChI is InChI=1S/C15H23FN2O2S/c1-9-4-5-12(6-10(9)2)18-21(19,20)13-7-14(16)11(3)15(17)8-13/h7-10,12,18H,4-6,17H2,1-3H3. The smallest absolute Gasteiger partial charge is 0.240 e. The van der Waals surface area contributed by atoms with Crippen molar-refractivity contribution in [3.63, 3.8) is 0 Å². The van der Waals surface area contributed by atoms with Crippen molar-refractivity contribution >= 4 is 15.7 Å². The number of nitrogens with one attached hydrogen (secondary N) is 1. The molecule has 118 valence electrons. The van der Waals surface area contributed by atoms with Crippen molar-refractivity contribution in [2.45, 2.75) is 51.0 Å². The largest absolute Gasteiger partial charge is 0.398 e. The van der Waals surface area contributed by atoms with Crippen LogP contribution in [0.2, 0.25) is 0 Å². The predicted octanol–water partition coefficient (Wildman–Crippen LogP) is 2.82. The second-order valence-corrected chi connectivity index (χ2v) is 7.92. The lowest BCUT2D eigenvalue weighted by Gasteiger charge is -2.32. The summed E-state index contributed by atoms with van der Waals surface area (Å²) in [5.74, 6) is 0.491. The van der Waals surface area contributed by atoms with Gasteiger partial charge in [0, 0.05) is 17.3 Å². The minimum absolute atomic E-state index is 0.0909. The Morgan fingerprint density at radius 2 is 1.90 bits per heavy atom. The Morgan fingerprint density at radius 1 is 1.24 bits per heavy atom. The molecule has 0 heterocycles. The molecule has 0 aromatic heterocycles. The van der Waals surface area contributed by atoms with E-state index in [4.69, 9.17) is 5.73 Å². The van der Waals surface area contributed by atoms with Crippen LogP contribution >= 0.6 is 0 Å². The van der Waals surface area contributed by atoms with Crippen LogP contribution in [0.25, 0.3) is 0 Å². The van der Waals surface area contributed by atoms with Crippen molar-refractivity contribution in [3.05, 3.63) is 23.5 Å². The van der Waals surface area contributed by atoms with Crippen LogP contribution in [0, 0.1) is 24.6 Å². The lowest BCUT2D eigenvalue weighted by Crippen LogP contribution is -2.39. The molecule has 1 fully saturated rings. The van der Waals surface area contributed by atoms with Gasteiger partial charge >= 0.3 is 0 Å². The lowest BCUT2D eigenvalue weighted by molar-refractivity contribution is 0.242. The number of hydrogen-bond acceptors (Lipinski definition) is 3. The molecule has 0 aliphatic heterocycles. The zero-order valence-electron chi connectivity index (χ0n) is 12.7. The van der Waals surface area contributed by atoms with Crippen LogP contribution < -0.4 is 10.5 Å². The van der Waals surface area contributed by atoms with Gasteiger partial charge in [-0.3, -0.25) is 0 Å². The maximum absolute atomic E-state index is 13.7. The highest BCUT2D eigenvalue weighted by atomic mass is 32.2. The fourth-order valence-corrected chi connectivity index (χ4v) is 4.10. The van der Waals surface area contributed by atoms with Gasteiger partial charge in [-0.25, -0.2) is 17.5 Å². The number of nitrogen functional groups attached to an aromatic ring is 1. The van der Waals surface area contributed by atoms with Gasteiger partial charge in [0.05, 0.1) is 4.90 Å². The summed E-state index contributed by atoms with van der Waals surface area (Å²) in [6, 6.07) is 2.25. The van der Waals surface area contributed by atoms with Crippen molar-refractivity contribution < 1.29 is 12.8 Å². The first-order valence-corrected chi connectivity index (χ1v) is 8.77. The summed E-state index contributed by atoms with van der Waals surface area (Å²) in [7, 11) is -3.73. The second-order valence-electron chi connectivity index (χ2n) is 6.21. The average Bonchev–Trinajstić information content (AvgIpc) is 2.39. The lowest BCUT2D eigenvalue weighted by atomic mass is 9.79. The van der Waals surface area contributed by atoms with E-state index in [1.807, 2.05) is 0 Å². The topological polar surface area (TPSA) is 72.2 Å². The molecule has 0 saturated heterocycles. The van der Waals surface area contributed by atoms with E-state index in [0.29, 0.717) is 11.8 Å². The van der Waals surface area contributed by atoms with Crippen LogP contribution in [-0.2, 0) is 10.0 Å². The van der Waals surface area contributed by atoms with Gasteiger partial charge in [0.25, 0.3) is 0 Å². The predicted molar refractivity (Wildman–Crippen MR) is 81.8 cm³/mol. The van der Waals surface area contributed by atoms with Gasteiger partial charge in [0.2, 0.25) is 10.0 Å². The summed E-state index contributed by atoms with van der Waals surface area (Å²) in [6.45, 7) is 5.85. The first-order chi connectivity index (χ1) is 9.70. The van der Waals surface area contributed by atoms with E-state index < -0.39 is 15.8 Å². The maximum Gasteiger partial charge on any atom is 0.240 e. The third-order valence-corrected chi connectivity index (χ3v) is 6.09. The van der Waals surface area contributed by atoms with E-state index in [1.165, 1.54) is 13.0 Å². The third-order valence-electron chi connectivity index (χ3n) is 4.59. The zero-order valence-corrected chi connectivity index (χ0v) is 13.5. The normalized spacial score (nSPS) is 26.8.